The van der Waals surface area contributed by atoms with E-state index in [0.29, 0.717) is 28.1 Å². The van der Waals surface area contributed by atoms with Gasteiger partial charge in [0.05, 0.1) is 24.0 Å². The Kier molecular flexibility index (Phi) is 4.88. The minimum absolute atomic E-state index is 0.148. The molecule has 0 radical (unpaired) electrons. The zero-order chi connectivity index (χ0) is 23.3. The molecular weight excluding hydrogens is 437 g/mol. The summed E-state index contributed by atoms with van der Waals surface area (Å²) in [7, 11) is 0. The second kappa shape index (κ2) is 7.65. The molecular formula is C22H19F3N6O2. The fraction of sp³-hybridized carbons (Fsp3) is 0.364. The molecule has 11 heteroatoms. The predicted molar refractivity (Wildman–Crippen MR) is 113 cm³/mol. The third-order valence-electron chi connectivity index (χ3n) is 6.03. The highest BCUT2D eigenvalue weighted by atomic mass is 19.4. The number of alkyl halides is 3. The number of pyridine rings is 1. The van der Waals surface area contributed by atoms with Crippen molar-refractivity contribution in [3.05, 3.63) is 51.9 Å². The molecule has 1 atom stereocenters. The van der Waals surface area contributed by atoms with Gasteiger partial charge in [-0.1, -0.05) is 0 Å². The maximum atomic E-state index is 12.8. The van der Waals surface area contributed by atoms with Crippen LogP contribution in [-0.2, 0) is 6.54 Å². The molecule has 0 saturated heterocycles. The fourth-order valence-electron chi connectivity index (χ4n) is 4.41. The normalized spacial score (nSPS) is 16.7. The third-order valence-corrected chi connectivity index (χ3v) is 6.03. The number of carbonyl (C=O) groups is 1. The smallest absolute Gasteiger partial charge is 0.338 e. The maximum absolute atomic E-state index is 12.8. The molecule has 2 N–H and O–H groups in total. The van der Waals surface area contributed by atoms with Crippen molar-refractivity contribution in [2.75, 3.05) is 11.9 Å². The van der Waals surface area contributed by atoms with Gasteiger partial charge in [-0.3, -0.25) is 14.3 Å². The number of nitrogens with one attached hydrogen (secondary N) is 2. The number of aromatic nitrogens is 3. The Morgan fingerprint density at radius 3 is 2.76 bits per heavy atom. The number of carbonyl (C=O) groups excluding carboxylic acids is 1. The van der Waals surface area contributed by atoms with E-state index in [-0.39, 0.29) is 35.9 Å². The summed E-state index contributed by atoms with van der Waals surface area (Å²) in [4.78, 5) is 28.3. The van der Waals surface area contributed by atoms with Gasteiger partial charge in [-0.05, 0) is 48.6 Å². The van der Waals surface area contributed by atoms with Crippen LogP contribution < -0.4 is 10.9 Å². The van der Waals surface area contributed by atoms with Crippen molar-refractivity contribution in [3.8, 4) is 6.07 Å². The number of hydrogen-bond donors (Lipinski definition) is 2. The number of nitrogens with zero attached hydrogens (tertiary/aromatic N) is 4. The van der Waals surface area contributed by atoms with Crippen molar-refractivity contribution in [3.63, 3.8) is 0 Å². The monoisotopic (exact) mass is 456 g/mol. The van der Waals surface area contributed by atoms with Crippen LogP contribution in [0.5, 0.6) is 0 Å². The molecule has 5 rings (SSSR count). The number of fused-ring (bicyclic) bond motifs is 2. The van der Waals surface area contributed by atoms with Gasteiger partial charge in [0.1, 0.15) is 11.9 Å². The summed E-state index contributed by atoms with van der Waals surface area (Å²) in [5, 5.41) is 17.3. The number of benzene rings is 1. The van der Waals surface area contributed by atoms with Crippen LogP contribution in [0.3, 0.4) is 0 Å². The first-order valence-electron chi connectivity index (χ1n) is 10.5. The summed E-state index contributed by atoms with van der Waals surface area (Å²) >= 11 is 0. The number of hydrogen-bond acceptors (Lipinski definition) is 5. The van der Waals surface area contributed by atoms with Crippen LogP contribution in [0, 0.1) is 17.2 Å². The summed E-state index contributed by atoms with van der Waals surface area (Å²) in [6.07, 6.45) is -0.699. The van der Waals surface area contributed by atoms with E-state index in [9.17, 15) is 28.0 Å². The number of amides is 1. The van der Waals surface area contributed by atoms with E-state index >= 15 is 0 Å². The number of H-pyrrole nitrogens is 1. The summed E-state index contributed by atoms with van der Waals surface area (Å²) in [5.74, 6) is -0.0544. The number of aromatic amines is 1. The van der Waals surface area contributed by atoms with E-state index < -0.39 is 18.6 Å². The first-order valence-corrected chi connectivity index (χ1v) is 10.5. The van der Waals surface area contributed by atoms with Gasteiger partial charge < -0.3 is 15.2 Å². The van der Waals surface area contributed by atoms with E-state index in [1.165, 1.54) is 12.3 Å². The van der Waals surface area contributed by atoms with Crippen LogP contribution in [-0.4, -0.2) is 38.3 Å². The lowest BCUT2D eigenvalue weighted by Crippen LogP contribution is -2.34. The van der Waals surface area contributed by atoms with Crippen molar-refractivity contribution in [2.45, 2.75) is 38.0 Å². The molecule has 1 aliphatic heterocycles. The topological polar surface area (TPSA) is 107 Å². The molecule has 1 saturated carbocycles. The molecule has 1 aromatic carbocycles. The summed E-state index contributed by atoms with van der Waals surface area (Å²) in [6, 6.07) is 8.42. The standard InChI is InChI=1S/C22H19F3N6O2/c23-22(24,25)11-30-10-13-9-14(3-4-15(13)21(30)33)28-19-18-17(6-8-27-20(18)32)31(29-19)16(5-7-26)12-1-2-12/h3-4,6,8-9,12,16H,1-2,5,10-11H2,(H,27,32)(H,28,29). The molecule has 1 fully saturated rings. The first kappa shape index (κ1) is 21.1. The average Bonchev–Trinajstić information content (AvgIpc) is 3.46. The lowest BCUT2D eigenvalue weighted by Gasteiger charge is -2.17. The third kappa shape index (κ3) is 3.92. The zero-order valence-electron chi connectivity index (χ0n) is 17.3. The second-order valence-corrected chi connectivity index (χ2v) is 8.40. The summed E-state index contributed by atoms with van der Waals surface area (Å²) in [5.41, 5.74) is 1.43. The minimum Gasteiger partial charge on any atom is -0.338 e. The predicted octanol–water partition coefficient (Wildman–Crippen LogP) is 3.85. The molecule has 2 aromatic heterocycles. The van der Waals surface area contributed by atoms with Crippen LogP contribution in [0.2, 0.25) is 0 Å². The van der Waals surface area contributed by atoms with Gasteiger partial charge >= 0.3 is 6.18 Å². The number of rotatable bonds is 6. The van der Waals surface area contributed by atoms with Crippen LogP contribution in [0.15, 0.2) is 35.3 Å². The second-order valence-electron chi connectivity index (χ2n) is 8.40. The number of anilines is 2. The van der Waals surface area contributed by atoms with Gasteiger partial charge in [-0.25, -0.2) is 0 Å². The van der Waals surface area contributed by atoms with Gasteiger partial charge in [0.25, 0.3) is 11.5 Å². The molecule has 170 valence electrons. The van der Waals surface area contributed by atoms with Crippen molar-refractivity contribution < 1.29 is 18.0 Å². The van der Waals surface area contributed by atoms with Gasteiger partial charge in [0.2, 0.25) is 0 Å². The lowest BCUT2D eigenvalue weighted by atomic mass is 10.1. The SMILES string of the molecule is N#CCC(C1CC1)n1nc(Nc2ccc3c(c2)CN(CC(F)(F)F)C3=O)c2c(=O)[nH]ccc21. The van der Waals surface area contributed by atoms with E-state index in [1.807, 2.05) is 0 Å². The van der Waals surface area contributed by atoms with Gasteiger partial charge in [-0.2, -0.15) is 23.5 Å². The highest BCUT2D eigenvalue weighted by molar-refractivity contribution is 5.99. The summed E-state index contributed by atoms with van der Waals surface area (Å²) < 4.78 is 40.0. The Hall–Kier alpha value is -3.81. The van der Waals surface area contributed by atoms with Crippen molar-refractivity contribution in [1.82, 2.24) is 19.7 Å². The summed E-state index contributed by atoms with van der Waals surface area (Å²) in [6.45, 7) is -1.46. The number of nitriles is 1. The molecule has 2 aliphatic rings. The van der Waals surface area contributed by atoms with Crippen molar-refractivity contribution in [1.29, 1.82) is 5.26 Å². The van der Waals surface area contributed by atoms with Gasteiger partial charge in [-0.15, -0.1) is 0 Å². The van der Waals surface area contributed by atoms with E-state index in [1.54, 1.807) is 22.9 Å². The van der Waals surface area contributed by atoms with Gasteiger partial charge in [0, 0.05) is 24.0 Å². The molecule has 0 spiro atoms. The minimum atomic E-state index is -4.48. The molecule has 3 heterocycles. The van der Waals surface area contributed by atoms with E-state index in [0.717, 1.165) is 17.7 Å². The Balaban J connectivity index is 1.49. The number of halogens is 3. The molecule has 3 aromatic rings. The molecule has 33 heavy (non-hydrogen) atoms. The van der Waals surface area contributed by atoms with Crippen LogP contribution in [0.4, 0.5) is 24.7 Å². The van der Waals surface area contributed by atoms with Crippen LogP contribution in [0.1, 0.15) is 41.2 Å². The molecule has 8 nitrogen and oxygen atoms in total. The lowest BCUT2D eigenvalue weighted by molar-refractivity contribution is -0.140. The van der Waals surface area contributed by atoms with Gasteiger partial charge in [0.15, 0.2) is 5.82 Å². The molecule has 1 unspecified atom stereocenters. The average molecular weight is 456 g/mol. The van der Waals surface area contributed by atoms with Crippen molar-refractivity contribution in [2.24, 2.45) is 5.92 Å². The Morgan fingerprint density at radius 1 is 1.27 bits per heavy atom. The Labute approximate surface area is 185 Å². The van der Waals surface area contributed by atoms with Crippen LogP contribution in [0.25, 0.3) is 10.9 Å². The Morgan fingerprint density at radius 2 is 2.06 bits per heavy atom. The molecule has 1 aliphatic carbocycles. The molecule has 1 amide bonds. The maximum Gasteiger partial charge on any atom is 0.406 e. The molecule has 0 bridgehead atoms. The quantitative estimate of drug-likeness (QED) is 0.586. The fourth-order valence-corrected chi connectivity index (χ4v) is 4.41. The highest BCUT2D eigenvalue weighted by Gasteiger charge is 2.38. The Bertz CT molecular complexity index is 1350. The van der Waals surface area contributed by atoms with Crippen molar-refractivity contribution >= 4 is 28.3 Å². The zero-order valence-corrected chi connectivity index (χ0v) is 17.3. The van der Waals surface area contributed by atoms with Crippen LogP contribution >= 0.6 is 0 Å². The first-order chi connectivity index (χ1) is 15.7. The highest BCUT2D eigenvalue weighted by Crippen LogP contribution is 2.43. The van der Waals surface area contributed by atoms with E-state index in [4.69, 9.17) is 0 Å². The van der Waals surface area contributed by atoms with E-state index in [2.05, 4.69) is 21.5 Å². The largest absolute Gasteiger partial charge is 0.406 e.